The summed E-state index contributed by atoms with van der Waals surface area (Å²) in [6, 6.07) is -5.13. The number of aliphatic carboxylic acids is 2. The topological polar surface area (TPSA) is 273 Å². The standard InChI is InChI=1S/C20H37N7O8/c1-10(2)8-13(26-16(31)11(21)4-3-7-24-20(22)23)18(33)25-12(5-6-15(29)30)17(32)27-14(9-28)19(34)35/h10-14,28H,3-9,21H2,1-2H3,(H,25,33)(H,26,31)(H,27,32)(H,29,30)(H,34,35)(H4,22,23,24). The van der Waals surface area contributed by atoms with Crippen LogP contribution in [0.3, 0.4) is 0 Å². The fraction of sp³-hybridized carbons (Fsp3) is 0.700. The molecule has 0 aliphatic rings. The maximum absolute atomic E-state index is 12.9. The highest BCUT2D eigenvalue weighted by Gasteiger charge is 2.30. The smallest absolute Gasteiger partial charge is 0.328 e. The molecule has 3 amide bonds. The average molecular weight is 504 g/mol. The van der Waals surface area contributed by atoms with E-state index in [-0.39, 0.29) is 37.7 Å². The van der Waals surface area contributed by atoms with Gasteiger partial charge in [0.05, 0.1) is 12.6 Å². The van der Waals surface area contributed by atoms with Gasteiger partial charge in [-0.2, -0.15) is 0 Å². The van der Waals surface area contributed by atoms with E-state index in [0.29, 0.717) is 6.42 Å². The Balaban J connectivity index is 5.38. The molecular weight excluding hydrogens is 466 g/mol. The summed E-state index contributed by atoms with van der Waals surface area (Å²) < 4.78 is 0. The van der Waals surface area contributed by atoms with E-state index in [4.69, 9.17) is 32.5 Å². The summed E-state index contributed by atoms with van der Waals surface area (Å²) in [5.74, 6) is -5.29. The number of nitrogens with zero attached hydrogens (tertiary/aromatic N) is 1. The lowest BCUT2D eigenvalue weighted by atomic mass is 10.0. The lowest BCUT2D eigenvalue weighted by molar-refractivity contribution is -0.144. The lowest BCUT2D eigenvalue weighted by Gasteiger charge is -2.25. The summed E-state index contributed by atoms with van der Waals surface area (Å²) >= 11 is 0. The van der Waals surface area contributed by atoms with Crippen LogP contribution >= 0.6 is 0 Å². The molecule has 0 fully saturated rings. The minimum Gasteiger partial charge on any atom is -0.481 e. The molecule has 200 valence electrons. The maximum atomic E-state index is 12.9. The largest absolute Gasteiger partial charge is 0.481 e. The number of aliphatic hydroxyl groups excluding tert-OH is 1. The van der Waals surface area contributed by atoms with Gasteiger partial charge >= 0.3 is 11.9 Å². The summed E-state index contributed by atoms with van der Waals surface area (Å²) in [6.07, 6.45) is -0.0189. The fourth-order valence-corrected chi connectivity index (χ4v) is 2.90. The molecular formula is C20H37N7O8. The summed E-state index contributed by atoms with van der Waals surface area (Å²) in [5.41, 5.74) is 16.3. The molecule has 4 unspecified atom stereocenters. The summed E-state index contributed by atoms with van der Waals surface area (Å²) in [5, 5.41) is 34.0. The first-order valence-electron chi connectivity index (χ1n) is 11.1. The number of carboxylic acid groups (broad SMARTS) is 2. The predicted molar refractivity (Wildman–Crippen MR) is 125 cm³/mol. The number of carboxylic acids is 2. The molecule has 0 saturated heterocycles. The number of aliphatic hydroxyl groups is 1. The van der Waals surface area contributed by atoms with Crippen molar-refractivity contribution in [3.05, 3.63) is 0 Å². The quantitative estimate of drug-likeness (QED) is 0.0541. The molecule has 15 nitrogen and oxygen atoms in total. The highest BCUT2D eigenvalue weighted by atomic mass is 16.4. The zero-order valence-corrected chi connectivity index (χ0v) is 19.9. The second-order valence-electron chi connectivity index (χ2n) is 8.32. The SMILES string of the molecule is CC(C)CC(NC(=O)C(N)CCCN=C(N)N)C(=O)NC(CCC(=O)O)C(=O)NC(CO)C(=O)O. The van der Waals surface area contributed by atoms with E-state index in [1.54, 1.807) is 13.8 Å². The van der Waals surface area contributed by atoms with Crippen molar-refractivity contribution in [1.82, 2.24) is 16.0 Å². The van der Waals surface area contributed by atoms with Gasteiger partial charge in [-0.05, 0) is 31.6 Å². The first-order valence-corrected chi connectivity index (χ1v) is 11.1. The number of nitrogens with one attached hydrogen (secondary N) is 3. The molecule has 0 radical (unpaired) electrons. The van der Waals surface area contributed by atoms with E-state index in [1.807, 2.05) is 5.32 Å². The number of amides is 3. The van der Waals surface area contributed by atoms with Gasteiger partial charge in [-0.1, -0.05) is 13.8 Å². The molecule has 12 N–H and O–H groups in total. The minimum absolute atomic E-state index is 0.0544. The van der Waals surface area contributed by atoms with Crippen molar-refractivity contribution in [1.29, 1.82) is 0 Å². The van der Waals surface area contributed by atoms with Crippen LogP contribution in [0.15, 0.2) is 4.99 Å². The van der Waals surface area contributed by atoms with Crippen LogP contribution in [0.25, 0.3) is 0 Å². The summed E-state index contributed by atoms with van der Waals surface area (Å²) in [6.45, 7) is 2.96. The molecule has 0 bridgehead atoms. The zero-order valence-electron chi connectivity index (χ0n) is 19.9. The Hall–Kier alpha value is -3.46. The fourth-order valence-electron chi connectivity index (χ4n) is 2.90. The molecule has 0 aromatic rings. The number of hydrogen-bond acceptors (Lipinski definition) is 8. The van der Waals surface area contributed by atoms with Crippen LogP contribution in [0.5, 0.6) is 0 Å². The van der Waals surface area contributed by atoms with Crippen LogP contribution < -0.4 is 33.2 Å². The van der Waals surface area contributed by atoms with Crippen LogP contribution in [-0.4, -0.2) is 88.3 Å². The Bertz CT molecular complexity index is 771. The van der Waals surface area contributed by atoms with Gasteiger partial charge in [0.15, 0.2) is 5.96 Å². The average Bonchev–Trinajstić information content (AvgIpc) is 2.75. The number of aliphatic imine (C=N–C) groups is 1. The molecule has 0 rings (SSSR count). The van der Waals surface area contributed by atoms with Gasteiger partial charge in [0.1, 0.15) is 18.1 Å². The summed E-state index contributed by atoms with van der Waals surface area (Å²) in [7, 11) is 0. The van der Waals surface area contributed by atoms with Crippen molar-refractivity contribution in [2.45, 2.75) is 70.1 Å². The second-order valence-corrected chi connectivity index (χ2v) is 8.32. The third-order valence-electron chi connectivity index (χ3n) is 4.72. The van der Waals surface area contributed by atoms with Gasteiger partial charge in [-0.3, -0.25) is 24.2 Å². The number of rotatable bonds is 17. The Morgan fingerprint density at radius 2 is 1.40 bits per heavy atom. The normalized spacial score (nSPS) is 14.2. The van der Waals surface area contributed by atoms with Gasteiger partial charge in [0.25, 0.3) is 0 Å². The van der Waals surface area contributed by atoms with Crippen molar-refractivity contribution in [3.8, 4) is 0 Å². The van der Waals surface area contributed by atoms with Crippen LogP contribution in [0.4, 0.5) is 0 Å². The van der Waals surface area contributed by atoms with Gasteiger partial charge in [0, 0.05) is 13.0 Å². The Morgan fingerprint density at radius 1 is 0.857 bits per heavy atom. The second kappa shape index (κ2) is 16.2. The van der Waals surface area contributed by atoms with Gasteiger partial charge in [-0.15, -0.1) is 0 Å². The number of hydrogen-bond donors (Lipinski definition) is 9. The van der Waals surface area contributed by atoms with E-state index in [0.717, 1.165) is 0 Å². The molecule has 35 heavy (non-hydrogen) atoms. The highest BCUT2D eigenvalue weighted by Crippen LogP contribution is 2.08. The third-order valence-corrected chi connectivity index (χ3v) is 4.72. The van der Waals surface area contributed by atoms with Gasteiger partial charge < -0.3 is 48.5 Å². The molecule has 0 heterocycles. The number of nitrogens with two attached hydrogens (primary N) is 3. The van der Waals surface area contributed by atoms with E-state index in [9.17, 15) is 24.0 Å². The van der Waals surface area contributed by atoms with E-state index in [2.05, 4.69) is 15.6 Å². The first-order chi connectivity index (χ1) is 16.3. The molecule has 0 saturated carbocycles. The zero-order chi connectivity index (χ0) is 27.1. The molecule has 0 aromatic heterocycles. The molecule has 15 heteroatoms. The first kappa shape index (κ1) is 31.5. The maximum Gasteiger partial charge on any atom is 0.328 e. The lowest BCUT2D eigenvalue weighted by Crippen LogP contribution is -2.57. The molecule has 0 aromatic carbocycles. The van der Waals surface area contributed by atoms with E-state index in [1.165, 1.54) is 0 Å². The summed E-state index contributed by atoms with van der Waals surface area (Å²) in [4.78, 5) is 63.8. The van der Waals surface area contributed by atoms with Crippen molar-refractivity contribution in [2.24, 2.45) is 28.1 Å². The number of guanidine groups is 1. The highest BCUT2D eigenvalue weighted by molar-refractivity contribution is 5.94. The molecule has 0 spiro atoms. The number of carbonyl (C=O) groups excluding carboxylic acids is 3. The molecule has 0 aliphatic carbocycles. The predicted octanol–water partition coefficient (Wildman–Crippen LogP) is -3.19. The molecule has 4 atom stereocenters. The Morgan fingerprint density at radius 3 is 1.89 bits per heavy atom. The monoisotopic (exact) mass is 503 g/mol. The molecule has 0 aliphatic heterocycles. The van der Waals surface area contributed by atoms with Crippen molar-refractivity contribution in [3.63, 3.8) is 0 Å². The van der Waals surface area contributed by atoms with Crippen molar-refractivity contribution < 1.29 is 39.3 Å². The van der Waals surface area contributed by atoms with Crippen LogP contribution in [0, 0.1) is 5.92 Å². The Labute approximate surface area is 202 Å². The Kier molecular flexibility index (Phi) is 14.6. The van der Waals surface area contributed by atoms with Crippen LogP contribution in [0.2, 0.25) is 0 Å². The number of carbonyl (C=O) groups is 5. The minimum atomic E-state index is -1.64. The van der Waals surface area contributed by atoms with Crippen LogP contribution in [0.1, 0.15) is 46.0 Å². The van der Waals surface area contributed by atoms with Gasteiger partial charge in [0.2, 0.25) is 17.7 Å². The third kappa shape index (κ3) is 13.7. The van der Waals surface area contributed by atoms with Gasteiger partial charge in [-0.25, -0.2) is 4.79 Å². The van der Waals surface area contributed by atoms with Crippen molar-refractivity contribution in [2.75, 3.05) is 13.2 Å². The van der Waals surface area contributed by atoms with Crippen LogP contribution in [-0.2, 0) is 24.0 Å². The van der Waals surface area contributed by atoms with Crippen molar-refractivity contribution >= 4 is 35.6 Å². The van der Waals surface area contributed by atoms with E-state index < -0.39 is 66.9 Å². The van der Waals surface area contributed by atoms with E-state index >= 15 is 0 Å².